The molecule has 0 aliphatic heterocycles. The van der Waals surface area contributed by atoms with E-state index in [1.54, 1.807) is 6.07 Å². The molecule has 1 amide bonds. The Hall–Kier alpha value is -3.37. The summed E-state index contributed by atoms with van der Waals surface area (Å²) in [5.74, 6) is -2.18. The minimum absolute atomic E-state index is 0.00180. The van der Waals surface area contributed by atoms with Crippen molar-refractivity contribution in [2.24, 2.45) is 5.14 Å². The fourth-order valence-electron chi connectivity index (χ4n) is 2.87. The fourth-order valence-corrected chi connectivity index (χ4v) is 3.82. The molecular formula is C21H13Cl2F3N4O4S. The number of anilines is 1. The molecule has 1 aromatic heterocycles. The van der Waals surface area contributed by atoms with Gasteiger partial charge in [0.2, 0.25) is 11.7 Å². The van der Waals surface area contributed by atoms with Crippen LogP contribution >= 0.6 is 23.2 Å². The average Bonchev–Trinajstić information content (AvgIpc) is 2.76. The predicted molar refractivity (Wildman–Crippen MR) is 123 cm³/mol. The first-order valence-corrected chi connectivity index (χ1v) is 11.3. The Labute approximate surface area is 208 Å². The van der Waals surface area contributed by atoms with E-state index in [0.29, 0.717) is 10.6 Å². The van der Waals surface area contributed by atoms with E-state index in [0.717, 1.165) is 18.3 Å². The lowest BCUT2D eigenvalue weighted by molar-refractivity contribution is -0.138. The van der Waals surface area contributed by atoms with Gasteiger partial charge in [0.1, 0.15) is 28.8 Å². The largest absolute Gasteiger partial charge is 0.451 e. The molecule has 0 fully saturated rings. The molecule has 0 spiro atoms. The van der Waals surface area contributed by atoms with Crippen LogP contribution in [0.3, 0.4) is 0 Å². The van der Waals surface area contributed by atoms with Gasteiger partial charge in [0.25, 0.3) is 5.56 Å². The predicted octanol–water partition coefficient (Wildman–Crippen LogP) is 4.46. The molecule has 3 rings (SSSR count). The molecule has 0 aliphatic rings. The third-order valence-corrected chi connectivity index (χ3v) is 5.66. The molecule has 1 atom stereocenters. The van der Waals surface area contributed by atoms with Crippen molar-refractivity contribution in [3.05, 3.63) is 80.2 Å². The summed E-state index contributed by atoms with van der Waals surface area (Å²) in [7, 11) is -1.80. The Morgan fingerprint density at radius 1 is 1.20 bits per heavy atom. The van der Waals surface area contributed by atoms with Crippen LogP contribution < -0.4 is 20.8 Å². The zero-order valence-electron chi connectivity index (χ0n) is 17.2. The first kappa shape index (κ1) is 26.2. The van der Waals surface area contributed by atoms with Crippen molar-refractivity contribution in [1.82, 2.24) is 4.57 Å². The number of amides is 1. The number of hydrogen-bond acceptors (Lipinski definition) is 5. The molecule has 0 saturated heterocycles. The molecule has 0 aliphatic carbocycles. The number of carbonyl (C=O) groups is 1. The maximum atomic E-state index is 13.5. The zero-order chi connectivity index (χ0) is 25.9. The standard InChI is InChI=1S/C21H13Cl2F3N4O4S/c22-12-5-11(9-27)6-13(7-12)34-19-15(21(24,25)26)3-4-30(20(19)32)10-18(31)29-17-2-1-14(35(28)33)8-16(17)23/h1-8H,10,28H2,(H,29,31). The lowest BCUT2D eigenvalue weighted by Gasteiger charge is -2.16. The second kappa shape index (κ2) is 10.5. The number of rotatable bonds is 6. The number of nitrogens with zero attached hydrogens (tertiary/aromatic N) is 2. The van der Waals surface area contributed by atoms with Crippen LogP contribution in [0.25, 0.3) is 0 Å². The Kier molecular flexibility index (Phi) is 7.86. The maximum absolute atomic E-state index is 13.5. The molecule has 1 unspecified atom stereocenters. The number of nitriles is 1. The molecule has 2 aromatic carbocycles. The van der Waals surface area contributed by atoms with Gasteiger partial charge in [-0.2, -0.15) is 18.4 Å². The van der Waals surface area contributed by atoms with Crippen LogP contribution in [0.15, 0.2) is 58.4 Å². The maximum Gasteiger partial charge on any atom is 0.420 e. The van der Waals surface area contributed by atoms with Gasteiger partial charge in [0.05, 0.1) is 27.2 Å². The average molecular weight is 545 g/mol. The van der Waals surface area contributed by atoms with Gasteiger partial charge < -0.3 is 14.6 Å². The Bertz CT molecular complexity index is 1440. The molecule has 0 bridgehead atoms. The Morgan fingerprint density at radius 3 is 2.51 bits per heavy atom. The molecule has 182 valence electrons. The molecule has 1 heterocycles. The summed E-state index contributed by atoms with van der Waals surface area (Å²) in [5.41, 5.74) is -2.54. The topological polar surface area (TPSA) is 127 Å². The highest BCUT2D eigenvalue weighted by molar-refractivity contribution is 7.82. The van der Waals surface area contributed by atoms with Crippen LogP contribution in [0, 0.1) is 11.3 Å². The summed E-state index contributed by atoms with van der Waals surface area (Å²) in [6, 6.07) is 9.80. The number of nitrogens with two attached hydrogens (primary N) is 1. The monoisotopic (exact) mass is 544 g/mol. The van der Waals surface area contributed by atoms with Gasteiger partial charge >= 0.3 is 6.18 Å². The number of pyridine rings is 1. The van der Waals surface area contributed by atoms with Crippen molar-refractivity contribution in [3.8, 4) is 17.6 Å². The smallest absolute Gasteiger partial charge is 0.420 e. The Morgan fingerprint density at radius 2 is 1.91 bits per heavy atom. The quantitative estimate of drug-likeness (QED) is 0.473. The van der Waals surface area contributed by atoms with E-state index >= 15 is 0 Å². The lowest BCUT2D eigenvalue weighted by atomic mass is 10.2. The lowest BCUT2D eigenvalue weighted by Crippen LogP contribution is -2.29. The highest BCUT2D eigenvalue weighted by Crippen LogP contribution is 2.36. The van der Waals surface area contributed by atoms with Gasteiger partial charge in [0.15, 0.2) is 0 Å². The van der Waals surface area contributed by atoms with Crippen molar-refractivity contribution in [1.29, 1.82) is 5.26 Å². The van der Waals surface area contributed by atoms with Crippen molar-refractivity contribution in [2.45, 2.75) is 17.6 Å². The van der Waals surface area contributed by atoms with Crippen LogP contribution in [-0.4, -0.2) is 14.7 Å². The first-order valence-electron chi connectivity index (χ1n) is 9.34. The normalized spacial score (nSPS) is 12.0. The molecule has 35 heavy (non-hydrogen) atoms. The van der Waals surface area contributed by atoms with Crippen LogP contribution in [-0.2, 0) is 28.5 Å². The SMILES string of the molecule is N#Cc1cc(Cl)cc(Oc2c(C(F)(F)F)ccn(CC(=O)Nc3ccc(S(N)=O)cc3Cl)c2=O)c1. The number of ether oxygens (including phenoxy) is 1. The minimum Gasteiger partial charge on any atom is -0.451 e. The summed E-state index contributed by atoms with van der Waals surface area (Å²) in [6.07, 6.45) is -4.16. The summed E-state index contributed by atoms with van der Waals surface area (Å²) in [4.78, 5) is 25.5. The zero-order valence-corrected chi connectivity index (χ0v) is 19.6. The van der Waals surface area contributed by atoms with Crippen molar-refractivity contribution < 1.29 is 26.9 Å². The second-order valence-corrected chi connectivity index (χ2v) is 8.78. The van der Waals surface area contributed by atoms with Gasteiger partial charge in [-0.15, -0.1) is 0 Å². The van der Waals surface area contributed by atoms with Crippen LogP contribution in [0.1, 0.15) is 11.1 Å². The van der Waals surface area contributed by atoms with E-state index in [1.807, 2.05) is 0 Å². The van der Waals surface area contributed by atoms with Crippen molar-refractivity contribution in [2.75, 3.05) is 5.32 Å². The highest BCUT2D eigenvalue weighted by Gasteiger charge is 2.36. The number of aromatic nitrogens is 1. The number of carbonyl (C=O) groups excluding carboxylic acids is 1. The van der Waals surface area contributed by atoms with Gasteiger partial charge in [-0.3, -0.25) is 9.59 Å². The van der Waals surface area contributed by atoms with Gasteiger partial charge in [-0.25, -0.2) is 9.35 Å². The van der Waals surface area contributed by atoms with Gasteiger partial charge in [-0.05, 0) is 42.5 Å². The number of hydrogen-bond donors (Lipinski definition) is 2. The first-order chi connectivity index (χ1) is 16.4. The number of alkyl halides is 3. The van der Waals surface area contributed by atoms with E-state index in [9.17, 15) is 27.0 Å². The van der Waals surface area contributed by atoms with Gasteiger partial charge in [0, 0.05) is 11.2 Å². The third kappa shape index (κ3) is 6.40. The molecular weight excluding hydrogens is 532 g/mol. The Balaban J connectivity index is 1.93. The summed E-state index contributed by atoms with van der Waals surface area (Å²) >= 11 is 11.9. The van der Waals surface area contributed by atoms with E-state index in [2.05, 4.69) is 5.32 Å². The van der Waals surface area contributed by atoms with E-state index in [1.165, 1.54) is 24.3 Å². The minimum atomic E-state index is -4.95. The third-order valence-electron chi connectivity index (χ3n) is 4.41. The highest BCUT2D eigenvalue weighted by atomic mass is 35.5. The summed E-state index contributed by atoms with van der Waals surface area (Å²) < 4.78 is 57.8. The van der Waals surface area contributed by atoms with Gasteiger partial charge in [-0.1, -0.05) is 23.2 Å². The number of benzene rings is 2. The molecule has 0 saturated carbocycles. The van der Waals surface area contributed by atoms with Crippen LogP contribution in [0.5, 0.6) is 11.5 Å². The van der Waals surface area contributed by atoms with Crippen LogP contribution in [0.4, 0.5) is 18.9 Å². The van der Waals surface area contributed by atoms with Crippen molar-refractivity contribution >= 4 is 45.8 Å². The molecule has 0 radical (unpaired) electrons. The number of nitrogens with one attached hydrogen (secondary N) is 1. The fraction of sp³-hybridized carbons (Fsp3) is 0.0952. The van der Waals surface area contributed by atoms with E-state index in [4.69, 9.17) is 38.3 Å². The summed E-state index contributed by atoms with van der Waals surface area (Å²) in [6.45, 7) is -0.687. The number of halogens is 5. The van der Waals surface area contributed by atoms with E-state index in [-0.39, 0.29) is 31.9 Å². The molecule has 8 nitrogen and oxygen atoms in total. The molecule has 3 N–H and O–H groups in total. The molecule has 14 heteroatoms. The summed E-state index contributed by atoms with van der Waals surface area (Å²) in [5, 5.41) is 16.7. The molecule has 3 aromatic rings. The van der Waals surface area contributed by atoms with E-state index < -0.39 is 46.5 Å². The van der Waals surface area contributed by atoms with Crippen LogP contribution in [0.2, 0.25) is 10.0 Å². The van der Waals surface area contributed by atoms with Crippen molar-refractivity contribution in [3.63, 3.8) is 0 Å². The second-order valence-electron chi connectivity index (χ2n) is 6.87.